The van der Waals surface area contributed by atoms with Crippen molar-refractivity contribution in [1.82, 2.24) is 9.97 Å². The fraction of sp³-hybridized carbons (Fsp3) is 0.429. The lowest BCUT2D eigenvalue weighted by atomic mass is 9.75. The average molecular weight is 551 g/mol. The van der Waals surface area contributed by atoms with Crippen LogP contribution in [0.25, 0.3) is 11.3 Å². The second-order valence-corrected chi connectivity index (χ2v) is 10.5. The number of nitrogens with zero attached hydrogens (tertiary/aromatic N) is 3. The van der Waals surface area contributed by atoms with Crippen molar-refractivity contribution in [3.05, 3.63) is 77.0 Å². The average Bonchev–Trinajstić information content (AvgIpc) is 2.86. The van der Waals surface area contributed by atoms with E-state index in [2.05, 4.69) is 9.97 Å². The number of hydrogen-bond donors (Lipinski definition) is 2. The molecule has 1 aliphatic carbocycles. The molecule has 0 spiro atoms. The predicted octanol–water partition coefficient (Wildman–Crippen LogP) is 5.43. The van der Waals surface area contributed by atoms with Crippen LogP contribution < -0.4 is 10.6 Å². The molecule has 3 heterocycles. The minimum absolute atomic E-state index is 0.110. The summed E-state index contributed by atoms with van der Waals surface area (Å²) in [6, 6.07) is 5.49. The van der Waals surface area contributed by atoms with Gasteiger partial charge in [-0.25, -0.2) is 18.2 Å². The molecule has 5 rings (SSSR count). The van der Waals surface area contributed by atoms with Crippen molar-refractivity contribution in [2.75, 3.05) is 18.0 Å². The molecule has 0 radical (unpaired) electrons. The number of benzene rings is 1. The first-order valence-electron chi connectivity index (χ1n) is 12.8. The van der Waals surface area contributed by atoms with E-state index in [1.165, 1.54) is 12.3 Å². The number of aryl methyl sites for hydroxylation is 2. The van der Waals surface area contributed by atoms with Crippen molar-refractivity contribution in [3.63, 3.8) is 0 Å². The first kappa shape index (κ1) is 27.4. The molecule has 2 aliphatic rings. The molecule has 0 unspecified atom stereocenters. The van der Waals surface area contributed by atoms with Crippen molar-refractivity contribution in [2.24, 2.45) is 11.7 Å². The number of aliphatic hydroxyl groups is 1. The van der Waals surface area contributed by atoms with Crippen molar-refractivity contribution >= 4 is 5.69 Å². The Kier molecular flexibility index (Phi) is 7.32. The van der Waals surface area contributed by atoms with Crippen molar-refractivity contribution in [2.45, 2.75) is 56.3 Å². The minimum atomic E-state index is -4.36. The van der Waals surface area contributed by atoms with E-state index in [1.54, 1.807) is 17.2 Å². The molecular weight excluding hydrogens is 522 g/mol. The zero-order valence-electron chi connectivity index (χ0n) is 21.0. The highest BCUT2D eigenvalue weighted by Crippen LogP contribution is 2.43. The molecule has 3 aromatic rings. The third-order valence-corrected chi connectivity index (χ3v) is 7.72. The summed E-state index contributed by atoms with van der Waals surface area (Å²) >= 11 is 0. The van der Waals surface area contributed by atoms with Crippen LogP contribution in [0.15, 0.2) is 42.7 Å². The summed E-state index contributed by atoms with van der Waals surface area (Å²) in [6.07, 6.45) is 0.569. The molecule has 0 bridgehead atoms. The molecule has 2 fully saturated rings. The minimum Gasteiger partial charge on any atom is -0.385 e. The molecule has 39 heavy (non-hydrogen) atoms. The van der Waals surface area contributed by atoms with E-state index in [0.717, 1.165) is 24.6 Å². The van der Waals surface area contributed by atoms with E-state index in [9.17, 15) is 31.4 Å². The Morgan fingerprint density at radius 1 is 1.00 bits per heavy atom. The Labute approximate surface area is 221 Å². The Morgan fingerprint density at radius 3 is 2.36 bits per heavy atom. The highest BCUT2D eigenvalue weighted by atomic mass is 19.4. The molecule has 2 atom stereocenters. The first-order chi connectivity index (χ1) is 18.4. The molecule has 2 aromatic heterocycles. The Bertz CT molecular complexity index is 1340. The maximum Gasteiger partial charge on any atom is 0.393 e. The highest BCUT2D eigenvalue weighted by molar-refractivity contribution is 5.63. The van der Waals surface area contributed by atoms with Gasteiger partial charge in [-0.3, -0.25) is 4.98 Å². The molecule has 1 aromatic carbocycles. The van der Waals surface area contributed by atoms with Crippen LogP contribution in [0.3, 0.4) is 0 Å². The molecule has 1 saturated carbocycles. The maximum absolute atomic E-state index is 15.0. The quantitative estimate of drug-likeness (QED) is 0.401. The standard InChI is InChI=1S/C28H28F6N4O/c29-21-5-4-20(37-26(21)25-22(30)11-17(12-23(25)31)27(39)7-1-8-27)3-2-16-13-36-9-6-24(16)38-14-18(28(32,33)34)10-19(35)15-38/h4-6,9,11-13,18-19,39H,1-3,7-8,10,14-15,35H2/t18-,19+/m1/s1. The van der Waals surface area contributed by atoms with Gasteiger partial charge in [0.2, 0.25) is 0 Å². The van der Waals surface area contributed by atoms with Gasteiger partial charge in [-0.1, -0.05) is 0 Å². The molecule has 5 nitrogen and oxygen atoms in total. The number of pyridine rings is 2. The van der Waals surface area contributed by atoms with Gasteiger partial charge in [-0.15, -0.1) is 0 Å². The number of piperidine rings is 1. The van der Waals surface area contributed by atoms with Gasteiger partial charge < -0.3 is 15.7 Å². The third-order valence-electron chi connectivity index (χ3n) is 7.72. The van der Waals surface area contributed by atoms with Gasteiger partial charge in [0, 0.05) is 42.9 Å². The molecule has 1 saturated heterocycles. The molecule has 1 aliphatic heterocycles. The van der Waals surface area contributed by atoms with Crippen molar-refractivity contribution < 1.29 is 31.4 Å². The molecule has 11 heteroatoms. The monoisotopic (exact) mass is 550 g/mol. The van der Waals surface area contributed by atoms with Gasteiger partial charge >= 0.3 is 6.18 Å². The molecular formula is C28H28F6N4O. The maximum atomic E-state index is 15.0. The smallest absolute Gasteiger partial charge is 0.385 e. The number of rotatable bonds is 6. The van der Waals surface area contributed by atoms with E-state index in [-0.39, 0.29) is 31.5 Å². The van der Waals surface area contributed by atoms with Crippen LogP contribution in [0.1, 0.15) is 42.5 Å². The van der Waals surface area contributed by atoms with Crippen LogP contribution in [-0.4, -0.2) is 40.4 Å². The molecule has 208 valence electrons. The number of anilines is 1. The van der Waals surface area contributed by atoms with Gasteiger partial charge in [0.05, 0.1) is 17.1 Å². The van der Waals surface area contributed by atoms with Crippen LogP contribution in [0.5, 0.6) is 0 Å². The number of alkyl halides is 3. The van der Waals surface area contributed by atoms with Crippen LogP contribution in [0.4, 0.5) is 32.0 Å². The predicted molar refractivity (Wildman–Crippen MR) is 133 cm³/mol. The summed E-state index contributed by atoms with van der Waals surface area (Å²) in [5, 5.41) is 10.5. The lowest BCUT2D eigenvalue weighted by molar-refractivity contribution is -0.177. The van der Waals surface area contributed by atoms with Gasteiger partial charge in [-0.2, -0.15) is 13.2 Å². The lowest BCUT2D eigenvalue weighted by Crippen LogP contribution is -2.51. The second-order valence-electron chi connectivity index (χ2n) is 10.5. The summed E-state index contributed by atoms with van der Waals surface area (Å²) in [6.45, 7) is 0.0308. The summed E-state index contributed by atoms with van der Waals surface area (Å²) in [4.78, 5) is 9.89. The third kappa shape index (κ3) is 5.60. The summed E-state index contributed by atoms with van der Waals surface area (Å²) < 4.78 is 85.0. The van der Waals surface area contributed by atoms with E-state index in [1.807, 2.05) is 0 Å². The van der Waals surface area contributed by atoms with E-state index in [0.29, 0.717) is 36.2 Å². The van der Waals surface area contributed by atoms with Crippen molar-refractivity contribution in [3.8, 4) is 11.3 Å². The number of hydrogen-bond acceptors (Lipinski definition) is 5. The Hall–Kier alpha value is -3.18. The van der Waals surface area contributed by atoms with Gasteiger partial charge in [-0.05, 0) is 80.0 Å². The zero-order valence-corrected chi connectivity index (χ0v) is 21.0. The largest absolute Gasteiger partial charge is 0.393 e. The van der Waals surface area contributed by atoms with Crippen LogP contribution in [0, 0.1) is 23.4 Å². The first-order valence-corrected chi connectivity index (χ1v) is 12.8. The summed E-state index contributed by atoms with van der Waals surface area (Å²) in [7, 11) is 0. The van der Waals surface area contributed by atoms with E-state index in [4.69, 9.17) is 5.73 Å². The summed E-state index contributed by atoms with van der Waals surface area (Å²) in [5.41, 5.74) is 5.21. The molecule has 3 N–H and O–H groups in total. The zero-order chi connectivity index (χ0) is 27.9. The normalized spacial score (nSPS) is 21.1. The van der Waals surface area contributed by atoms with Gasteiger partial charge in [0.15, 0.2) is 0 Å². The lowest BCUT2D eigenvalue weighted by Gasteiger charge is -2.39. The van der Waals surface area contributed by atoms with Gasteiger partial charge in [0.1, 0.15) is 23.1 Å². The fourth-order valence-electron chi connectivity index (χ4n) is 5.42. The van der Waals surface area contributed by atoms with Gasteiger partial charge in [0.25, 0.3) is 0 Å². The van der Waals surface area contributed by atoms with Crippen LogP contribution in [-0.2, 0) is 18.4 Å². The SMILES string of the molecule is N[C@H]1C[C@@H](C(F)(F)F)CN(c2ccncc2CCc2ccc(F)c(-c3c(F)cc(C4(O)CCC4)cc3F)n2)C1. The Balaban J connectivity index is 1.38. The number of nitrogens with two attached hydrogens (primary N) is 1. The van der Waals surface area contributed by atoms with E-state index < -0.39 is 52.4 Å². The Morgan fingerprint density at radius 2 is 1.72 bits per heavy atom. The highest BCUT2D eigenvalue weighted by Gasteiger charge is 2.44. The summed E-state index contributed by atoms with van der Waals surface area (Å²) in [5.74, 6) is -4.51. The van der Waals surface area contributed by atoms with E-state index >= 15 is 0 Å². The number of aromatic nitrogens is 2. The van der Waals surface area contributed by atoms with Crippen molar-refractivity contribution in [1.29, 1.82) is 0 Å². The molecule has 0 amide bonds. The van der Waals surface area contributed by atoms with Crippen LogP contribution in [0.2, 0.25) is 0 Å². The van der Waals surface area contributed by atoms with Crippen LogP contribution >= 0.6 is 0 Å². The second kappa shape index (κ2) is 10.4. The number of halogens is 6. The fourth-order valence-corrected chi connectivity index (χ4v) is 5.42. The topological polar surface area (TPSA) is 75.3 Å².